The van der Waals surface area contributed by atoms with Crippen molar-refractivity contribution in [3.8, 4) is 0 Å². The number of benzene rings is 3. The SMILES string of the molecule is ICC1CCC(C[P+](c2ccccc2)(c2ccccc2)c2ccccc2)CC1.[I-]. The van der Waals surface area contributed by atoms with Gasteiger partial charge in [0.1, 0.15) is 23.2 Å². The Hall–Kier alpha value is -0.450. The molecule has 0 spiro atoms. The summed E-state index contributed by atoms with van der Waals surface area (Å²) in [4.78, 5) is 0. The highest BCUT2D eigenvalue weighted by Gasteiger charge is 2.47. The third kappa shape index (κ3) is 5.25. The minimum absolute atomic E-state index is 0. The van der Waals surface area contributed by atoms with Crippen LogP contribution >= 0.6 is 29.9 Å². The van der Waals surface area contributed by atoms with E-state index < -0.39 is 7.26 Å². The van der Waals surface area contributed by atoms with Gasteiger partial charge in [-0.3, -0.25) is 0 Å². The molecule has 29 heavy (non-hydrogen) atoms. The molecule has 0 N–H and O–H groups in total. The van der Waals surface area contributed by atoms with Crippen LogP contribution in [0.15, 0.2) is 91.0 Å². The lowest BCUT2D eigenvalue weighted by molar-refractivity contribution is -0.00000543. The van der Waals surface area contributed by atoms with E-state index in [1.165, 1.54) is 52.2 Å². The molecule has 1 saturated carbocycles. The summed E-state index contributed by atoms with van der Waals surface area (Å²) in [6.45, 7) is 0. The molecule has 0 unspecified atom stereocenters. The third-order valence-electron chi connectivity index (χ3n) is 6.31. The van der Waals surface area contributed by atoms with E-state index >= 15 is 0 Å². The predicted molar refractivity (Wildman–Crippen MR) is 134 cm³/mol. The highest BCUT2D eigenvalue weighted by atomic mass is 127. The van der Waals surface area contributed by atoms with Crippen molar-refractivity contribution in [2.75, 3.05) is 10.6 Å². The van der Waals surface area contributed by atoms with Gasteiger partial charge in [0.2, 0.25) is 0 Å². The topological polar surface area (TPSA) is 0 Å². The normalized spacial score (nSPS) is 19.3. The van der Waals surface area contributed by atoms with E-state index in [1.807, 2.05) is 0 Å². The van der Waals surface area contributed by atoms with E-state index in [0.29, 0.717) is 0 Å². The molecule has 0 amide bonds. The van der Waals surface area contributed by atoms with Crippen molar-refractivity contribution >= 4 is 45.8 Å². The Labute approximate surface area is 207 Å². The number of hydrogen-bond acceptors (Lipinski definition) is 0. The molecule has 3 aromatic rings. The number of hydrogen-bond donors (Lipinski definition) is 0. The Morgan fingerprint density at radius 2 is 0.931 bits per heavy atom. The molecule has 0 radical (unpaired) electrons. The smallest absolute Gasteiger partial charge is 0.112 e. The summed E-state index contributed by atoms with van der Waals surface area (Å²) >= 11 is 2.58. The molecule has 152 valence electrons. The molecular formula is C26H29I2P. The van der Waals surface area contributed by atoms with Gasteiger partial charge in [0.25, 0.3) is 0 Å². The first kappa shape index (κ1) is 23.2. The summed E-state index contributed by atoms with van der Waals surface area (Å²) < 4.78 is 1.32. The summed E-state index contributed by atoms with van der Waals surface area (Å²) in [6.07, 6.45) is 6.90. The third-order valence-corrected chi connectivity index (χ3v) is 12.2. The zero-order valence-corrected chi connectivity index (χ0v) is 22.0. The maximum Gasteiger partial charge on any atom is 0.112 e. The summed E-state index contributed by atoms with van der Waals surface area (Å²) in [7, 11) is -1.65. The second-order valence-corrected chi connectivity index (χ2v) is 12.5. The monoisotopic (exact) mass is 626 g/mol. The van der Waals surface area contributed by atoms with Crippen LogP contribution in [0, 0.1) is 11.8 Å². The van der Waals surface area contributed by atoms with Gasteiger partial charge in [0.15, 0.2) is 0 Å². The van der Waals surface area contributed by atoms with Crippen LogP contribution in [-0.2, 0) is 0 Å². The van der Waals surface area contributed by atoms with E-state index in [4.69, 9.17) is 0 Å². The van der Waals surface area contributed by atoms with E-state index in [1.54, 1.807) is 0 Å². The Morgan fingerprint density at radius 3 is 1.28 bits per heavy atom. The summed E-state index contributed by atoms with van der Waals surface area (Å²) in [6, 6.07) is 34.1. The molecule has 0 aliphatic heterocycles. The minimum atomic E-state index is -1.65. The van der Waals surface area contributed by atoms with Gasteiger partial charge < -0.3 is 24.0 Å². The van der Waals surface area contributed by atoms with Crippen molar-refractivity contribution < 1.29 is 24.0 Å². The highest BCUT2D eigenvalue weighted by molar-refractivity contribution is 14.1. The van der Waals surface area contributed by atoms with Gasteiger partial charge in [-0.05, 0) is 73.9 Å². The van der Waals surface area contributed by atoms with E-state index in [2.05, 4.69) is 114 Å². The lowest BCUT2D eigenvalue weighted by Gasteiger charge is -2.34. The summed E-state index contributed by atoms with van der Waals surface area (Å²) in [5, 5.41) is 4.59. The molecule has 0 nitrogen and oxygen atoms in total. The molecule has 3 heteroatoms. The molecule has 3 aromatic carbocycles. The largest absolute Gasteiger partial charge is 1.00 e. The molecule has 1 fully saturated rings. The first-order valence-electron chi connectivity index (χ1n) is 10.4. The molecule has 1 aliphatic rings. The highest BCUT2D eigenvalue weighted by Crippen LogP contribution is 2.58. The summed E-state index contributed by atoms with van der Waals surface area (Å²) in [5.74, 6) is 1.77. The van der Waals surface area contributed by atoms with E-state index in [0.717, 1.165) is 11.8 Å². The molecule has 0 aromatic heterocycles. The zero-order valence-electron chi connectivity index (χ0n) is 16.8. The van der Waals surface area contributed by atoms with Crippen molar-refractivity contribution in [3.63, 3.8) is 0 Å². The van der Waals surface area contributed by atoms with Gasteiger partial charge in [-0.2, -0.15) is 0 Å². The lowest BCUT2D eigenvalue weighted by atomic mass is 9.84. The van der Waals surface area contributed by atoms with Crippen LogP contribution in [0.25, 0.3) is 0 Å². The van der Waals surface area contributed by atoms with Crippen molar-refractivity contribution in [2.24, 2.45) is 11.8 Å². The average molecular weight is 626 g/mol. The maximum atomic E-state index is 2.58. The van der Waals surface area contributed by atoms with Crippen molar-refractivity contribution in [3.05, 3.63) is 91.0 Å². The van der Waals surface area contributed by atoms with Crippen molar-refractivity contribution in [1.82, 2.24) is 0 Å². The fraction of sp³-hybridized carbons (Fsp3) is 0.308. The maximum absolute atomic E-state index is 2.58. The van der Waals surface area contributed by atoms with Crippen LogP contribution in [0.1, 0.15) is 25.7 Å². The predicted octanol–water partition coefficient (Wildman–Crippen LogP) is 3.23. The molecule has 1 aliphatic carbocycles. The second-order valence-electron chi connectivity index (χ2n) is 8.04. The van der Waals surface area contributed by atoms with E-state index in [-0.39, 0.29) is 24.0 Å². The Balaban J connectivity index is 0.00000240. The van der Waals surface area contributed by atoms with Crippen LogP contribution in [-0.4, -0.2) is 10.6 Å². The van der Waals surface area contributed by atoms with Crippen LogP contribution < -0.4 is 39.9 Å². The second kappa shape index (κ2) is 11.2. The van der Waals surface area contributed by atoms with Gasteiger partial charge in [-0.15, -0.1) is 0 Å². The van der Waals surface area contributed by atoms with Gasteiger partial charge >= 0.3 is 0 Å². The number of rotatable bonds is 6. The van der Waals surface area contributed by atoms with Gasteiger partial charge in [0.05, 0.1) is 6.16 Å². The van der Waals surface area contributed by atoms with Gasteiger partial charge in [-0.1, -0.05) is 77.2 Å². The Kier molecular flexibility index (Phi) is 9.01. The molecule has 0 bridgehead atoms. The molecule has 0 saturated heterocycles. The molecule has 0 atom stereocenters. The molecular weight excluding hydrogens is 597 g/mol. The number of alkyl halides is 1. The molecule has 0 heterocycles. The Morgan fingerprint density at radius 1 is 0.586 bits per heavy atom. The quantitative estimate of drug-likeness (QED) is 0.224. The van der Waals surface area contributed by atoms with Crippen LogP contribution in [0.5, 0.6) is 0 Å². The zero-order chi connectivity index (χ0) is 19.2. The number of halogens is 2. The lowest BCUT2D eigenvalue weighted by Crippen LogP contribution is -3.00. The summed E-state index contributed by atoms with van der Waals surface area (Å²) in [5.41, 5.74) is 0. The standard InChI is InChI=1S/C26H29IP.HI/c27-20-22-16-18-23(19-17-22)21-28(24-10-4-1-5-11-24,25-12-6-2-7-13-25)26-14-8-3-9-15-26;/h1-15,22-23H,16-21H2;1H/q+1;/p-1. The Bertz CT molecular complexity index is 747. The van der Waals surface area contributed by atoms with E-state index in [9.17, 15) is 0 Å². The van der Waals surface area contributed by atoms with Crippen LogP contribution in [0.2, 0.25) is 0 Å². The minimum Gasteiger partial charge on any atom is -1.00 e. The van der Waals surface area contributed by atoms with Gasteiger partial charge in [-0.25, -0.2) is 0 Å². The molecule has 4 rings (SSSR count). The average Bonchev–Trinajstić information content (AvgIpc) is 2.80. The van der Waals surface area contributed by atoms with Crippen molar-refractivity contribution in [2.45, 2.75) is 25.7 Å². The van der Waals surface area contributed by atoms with Crippen LogP contribution in [0.3, 0.4) is 0 Å². The van der Waals surface area contributed by atoms with Crippen molar-refractivity contribution in [1.29, 1.82) is 0 Å². The van der Waals surface area contributed by atoms with Gasteiger partial charge in [0, 0.05) is 4.43 Å². The fourth-order valence-corrected chi connectivity index (χ4v) is 10.4. The fourth-order valence-electron chi connectivity index (χ4n) is 4.77. The van der Waals surface area contributed by atoms with Crippen LogP contribution in [0.4, 0.5) is 0 Å². The first-order chi connectivity index (χ1) is 13.8. The first-order valence-corrected chi connectivity index (χ1v) is 13.9.